The Balaban J connectivity index is 2.45. The molecule has 3 nitrogen and oxygen atoms in total. The molecule has 0 aliphatic heterocycles. The van der Waals surface area contributed by atoms with Gasteiger partial charge in [-0.05, 0) is 18.2 Å². The van der Waals surface area contributed by atoms with Crippen LogP contribution in [0.4, 0.5) is 30.2 Å². The second-order valence-electron chi connectivity index (χ2n) is 3.79. The summed E-state index contributed by atoms with van der Waals surface area (Å²) in [5.41, 5.74) is 5.63. The fourth-order valence-corrected chi connectivity index (χ4v) is 1.56. The molecule has 2 aromatic carbocycles. The van der Waals surface area contributed by atoms with E-state index in [-0.39, 0.29) is 11.3 Å². The Bertz CT molecular complexity index is 654. The van der Waals surface area contributed by atoms with Crippen LogP contribution in [-0.4, -0.2) is 0 Å². The van der Waals surface area contributed by atoms with Crippen molar-refractivity contribution in [1.29, 1.82) is 5.26 Å². The minimum atomic E-state index is -1.08. The Labute approximate surface area is 107 Å². The minimum absolute atomic E-state index is 0.128. The summed E-state index contributed by atoms with van der Waals surface area (Å²) in [7, 11) is 0. The first kappa shape index (κ1) is 12.8. The molecule has 0 spiro atoms. The Morgan fingerprint density at radius 2 is 1.68 bits per heavy atom. The summed E-state index contributed by atoms with van der Waals surface area (Å²) in [4.78, 5) is 0. The van der Waals surface area contributed by atoms with Crippen LogP contribution in [-0.2, 0) is 0 Å². The molecule has 0 saturated carbocycles. The van der Waals surface area contributed by atoms with E-state index in [1.807, 2.05) is 6.07 Å². The highest BCUT2D eigenvalue weighted by molar-refractivity contribution is 5.69. The molecule has 6 heteroatoms. The molecule has 0 unspecified atom stereocenters. The predicted octanol–water partition coefficient (Wildman–Crippen LogP) is 3.30. The topological polar surface area (TPSA) is 61.8 Å². The van der Waals surface area contributed by atoms with E-state index in [1.54, 1.807) is 0 Å². The third-order valence-corrected chi connectivity index (χ3v) is 2.43. The van der Waals surface area contributed by atoms with Gasteiger partial charge in [-0.1, -0.05) is 0 Å². The van der Waals surface area contributed by atoms with Crippen molar-refractivity contribution in [3.8, 4) is 6.07 Å². The van der Waals surface area contributed by atoms with Gasteiger partial charge in [-0.15, -0.1) is 0 Å². The van der Waals surface area contributed by atoms with Crippen molar-refractivity contribution >= 4 is 17.1 Å². The second-order valence-corrected chi connectivity index (χ2v) is 3.79. The van der Waals surface area contributed by atoms with Crippen molar-refractivity contribution in [2.45, 2.75) is 0 Å². The molecule has 19 heavy (non-hydrogen) atoms. The first-order valence-corrected chi connectivity index (χ1v) is 5.22. The van der Waals surface area contributed by atoms with Crippen LogP contribution < -0.4 is 11.1 Å². The lowest BCUT2D eigenvalue weighted by molar-refractivity contribution is 0.549. The highest BCUT2D eigenvalue weighted by Crippen LogP contribution is 2.27. The zero-order valence-corrected chi connectivity index (χ0v) is 9.55. The number of halogens is 3. The largest absolute Gasteiger partial charge is 0.399 e. The molecular weight excluding hydrogens is 255 g/mol. The summed E-state index contributed by atoms with van der Waals surface area (Å²) in [6.45, 7) is 0. The van der Waals surface area contributed by atoms with Crippen molar-refractivity contribution < 1.29 is 13.2 Å². The van der Waals surface area contributed by atoms with E-state index in [9.17, 15) is 13.2 Å². The number of anilines is 3. The van der Waals surface area contributed by atoms with Crippen LogP contribution in [0.1, 0.15) is 5.56 Å². The minimum Gasteiger partial charge on any atom is -0.399 e. The third kappa shape index (κ3) is 2.60. The lowest BCUT2D eigenvalue weighted by Crippen LogP contribution is -2.01. The first-order chi connectivity index (χ1) is 9.01. The van der Waals surface area contributed by atoms with Crippen LogP contribution in [0.15, 0.2) is 30.3 Å². The second kappa shape index (κ2) is 4.90. The van der Waals surface area contributed by atoms with E-state index in [2.05, 4.69) is 5.32 Å². The molecule has 96 valence electrons. The smallest absolute Gasteiger partial charge is 0.152 e. The monoisotopic (exact) mass is 263 g/mol. The van der Waals surface area contributed by atoms with Crippen molar-refractivity contribution in [3.05, 3.63) is 53.3 Å². The van der Waals surface area contributed by atoms with Crippen LogP contribution in [0.25, 0.3) is 0 Å². The van der Waals surface area contributed by atoms with Gasteiger partial charge in [0, 0.05) is 17.8 Å². The molecule has 0 heterocycles. The molecule has 0 aromatic heterocycles. The van der Waals surface area contributed by atoms with Crippen LogP contribution in [0, 0.1) is 28.8 Å². The van der Waals surface area contributed by atoms with Gasteiger partial charge in [-0.2, -0.15) is 5.26 Å². The summed E-state index contributed by atoms with van der Waals surface area (Å²) in [6.07, 6.45) is 0. The first-order valence-electron chi connectivity index (χ1n) is 5.22. The van der Waals surface area contributed by atoms with E-state index in [4.69, 9.17) is 11.0 Å². The summed E-state index contributed by atoms with van der Waals surface area (Å²) in [5, 5.41) is 11.3. The van der Waals surface area contributed by atoms with Gasteiger partial charge in [-0.3, -0.25) is 0 Å². The van der Waals surface area contributed by atoms with Gasteiger partial charge in [0.1, 0.15) is 17.6 Å². The van der Waals surface area contributed by atoms with E-state index >= 15 is 0 Å². The van der Waals surface area contributed by atoms with Gasteiger partial charge >= 0.3 is 0 Å². The molecule has 0 aliphatic rings. The average Bonchev–Trinajstić information content (AvgIpc) is 2.35. The molecule has 0 aliphatic carbocycles. The molecular formula is C13H8F3N3. The van der Waals surface area contributed by atoms with E-state index in [0.717, 1.165) is 0 Å². The molecule has 0 radical (unpaired) electrons. The molecule has 0 bridgehead atoms. The van der Waals surface area contributed by atoms with Crippen LogP contribution >= 0.6 is 0 Å². The number of nitrogens with two attached hydrogens (primary N) is 1. The van der Waals surface area contributed by atoms with E-state index in [0.29, 0.717) is 17.8 Å². The molecule has 0 saturated heterocycles. The van der Waals surface area contributed by atoms with Gasteiger partial charge < -0.3 is 11.1 Å². The quantitative estimate of drug-likeness (QED) is 0.817. The Morgan fingerprint density at radius 1 is 1.05 bits per heavy atom. The zero-order valence-electron chi connectivity index (χ0n) is 9.55. The Hall–Kier alpha value is -2.68. The molecule has 0 fully saturated rings. The third-order valence-electron chi connectivity index (χ3n) is 2.43. The number of hydrogen-bond acceptors (Lipinski definition) is 3. The van der Waals surface area contributed by atoms with Crippen LogP contribution in [0.5, 0.6) is 0 Å². The number of hydrogen-bond donors (Lipinski definition) is 2. The normalized spacial score (nSPS) is 10.0. The Kier molecular flexibility index (Phi) is 3.29. The van der Waals surface area contributed by atoms with Crippen LogP contribution in [0.3, 0.4) is 0 Å². The maximum atomic E-state index is 13.5. The summed E-state index contributed by atoms with van der Waals surface area (Å²) < 4.78 is 39.7. The molecule has 0 amide bonds. The average molecular weight is 263 g/mol. The fraction of sp³-hybridized carbons (Fsp3) is 0. The number of rotatable bonds is 2. The number of nitriles is 1. The lowest BCUT2D eigenvalue weighted by Gasteiger charge is -2.10. The fourth-order valence-electron chi connectivity index (χ4n) is 1.56. The van der Waals surface area contributed by atoms with Gasteiger partial charge in [-0.25, -0.2) is 13.2 Å². The Morgan fingerprint density at radius 3 is 2.26 bits per heavy atom. The summed E-state index contributed by atoms with van der Waals surface area (Å²) >= 11 is 0. The standard InChI is InChI=1S/C13H8F3N3/c14-8-4-10(15)13(11(16)5-8)19-12-2-1-9(18)3-7(12)6-17/h1-5,19H,18H2. The van der Waals surface area contributed by atoms with Crippen molar-refractivity contribution in [1.82, 2.24) is 0 Å². The van der Waals surface area contributed by atoms with E-state index in [1.165, 1.54) is 18.2 Å². The maximum absolute atomic E-state index is 13.5. The van der Waals surface area contributed by atoms with Crippen molar-refractivity contribution in [3.63, 3.8) is 0 Å². The molecule has 2 aromatic rings. The van der Waals surface area contributed by atoms with Gasteiger partial charge in [0.05, 0.1) is 11.3 Å². The highest BCUT2D eigenvalue weighted by atomic mass is 19.1. The summed E-state index contributed by atoms with van der Waals surface area (Å²) in [5.74, 6) is -3.19. The SMILES string of the molecule is N#Cc1cc(N)ccc1Nc1c(F)cc(F)cc1F. The van der Waals surface area contributed by atoms with Crippen molar-refractivity contribution in [2.75, 3.05) is 11.1 Å². The van der Waals surface area contributed by atoms with Gasteiger partial charge in [0.2, 0.25) is 0 Å². The molecule has 0 atom stereocenters. The molecule has 3 N–H and O–H groups in total. The lowest BCUT2D eigenvalue weighted by atomic mass is 10.1. The van der Waals surface area contributed by atoms with Gasteiger partial charge in [0.15, 0.2) is 11.6 Å². The van der Waals surface area contributed by atoms with Crippen molar-refractivity contribution in [2.24, 2.45) is 0 Å². The highest BCUT2D eigenvalue weighted by Gasteiger charge is 2.13. The predicted molar refractivity (Wildman–Crippen MR) is 65.2 cm³/mol. The maximum Gasteiger partial charge on any atom is 0.152 e. The van der Waals surface area contributed by atoms with Gasteiger partial charge in [0.25, 0.3) is 0 Å². The zero-order chi connectivity index (χ0) is 14.0. The van der Waals surface area contributed by atoms with Crippen LogP contribution in [0.2, 0.25) is 0 Å². The van der Waals surface area contributed by atoms with E-state index < -0.39 is 23.1 Å². The number of benzene rings is 2. The summed E-state index contributed by atoms with van der Waals surface area (Å²) in [6, 6.07) is 7.20. The molecule has 2 rings (SSSR count). The number of nitrogens with zero attached hydrogens (tertiary/aromatic N) is 1. The number of nitrogens with one attached hydrogen (secondary N) is 1. The number of nitrogen functional groups attached to an aromatic ring is 1.